The molecule has 0 atom stereocenters. The second-order valence-corrected chi connectivity index (χ2v) is 5.60. The highest BCUT2D eigenvalue weighted by Gasteiger charge is 2.17. The topological polar surface area (TPSA) is 99.0 Å². The van der Waals surface area contributed by atoms with Gasteiger partial charge in [0.2, 0.25) is 0 Å². The molecule has 0 aromatic heterocycles. The lowest BCUT2D eigenvalue weighted by Gasteiger charge is -2.10. The minimum Gasteiger partial charge on any atom is -0.508 e. The Kier molecular flexibility index (Phi) is 4.94. The Morgan fingerprint density at radius 2 is 1.42 bits per heavy atom. The molecule has 4 N–H and O–H groups in total. The molecular weight excluding hydrogens is 334 g/mol. The van der Waals surface area contributed by atoms with Crippen LogP contribution in [-0.2, 0) is 6.54 Å². The molecule has 0 radical (unpaired) electrons. The second kappa shape index (κ2) is 7.48. The molecule has 0 fully saturated rings. The van der Waals surface area contributed by atoms with E-state index in [1.54, 1.807) is 24.3 Å². The Hall–Kier alpha value is -3.67. The molecule has 3 aromatic carbocycles. The van der Waals surface area contributed by atoms with E-state index in [1.165, 1.54) is 0 Å². The van der Waals surface area contributed by atoms with Crippen LogP contribution in [0.3, 0.4) is 0 Å². The van der Waals surface area contributed by atoms with Crippen molar-refractivity contribution in [1.82, 2.24) is 5.32 Å². The van der Waals surface area contributed by atoms with E-state index in [4.69, 9.17) is 4.74 Å². The predicted molar refractivity (Wildman–Crippen MR) is 95.6 cm³/mol. The smallest absolute Gasteiger partial charge is 0.259 e. The Bertz CT molecular complexity index is 884. The molecule has 132 valence electrons. The van der Waals surface area contributed by atoms with Gasteiger partial charge in [-0.3, -0.25) is 4.79 Å². The normalized spacial score (nSPS) is 10.3. The summed E-state index contributed by atoms with van der Waals surface area (Å²) >= 11 is 0. The van der Waals surface area contributed by atoms with Gasteiger partial charge in [-0.25, -0.2) is 0 Å². The zero-order chi connectivity index (χ0) is 18.5. The van der Waals surface area contributed by atoms with Crippen molar-refractivity contribution in [2.45, 2.75) is 6.54 Å². The lowest BCUT2D eigenvalue weighted by atomic mass is 10.1. The molecule has 0 aliphatic rings. The van der Waals surface area contributed by atoms with E-state index >= 15 is 0 Å². The molecule has 0 saturated heterocycles. The largest absolute Gasteiger partial charge is 0.508 e. The SMILES string of the molecule is O=C(NCc1ccc(Oc2ccccc2)cc1)c1c(O)cc(O)cc1O. The average molecular weight is 351 g/mol. The third-order valence-corrected chi connectivity index (χ3v) is 3.66. The number of hydrogen-bond donors (Lipinski definition) is 4. The van der Waals surface area contributed by atoms with E-state index in [2.05, 4.69) is 5.32 Å². The van der Waals surface area contributed by atoms with E-state index in [-0.39, 0.29) is 17.9 Å². The van der Waals surface area contributed by atoms with E-state index < -0.39 is 17.4 Å². The Morgan fingerprint density at radius 1 is 0.846 bits per heavy atom. The monoisotopic (exact) mass is 351 g/mol. The molecule has 0 heterocycles. The third-order valence-electron chi connectivity index (χ3n) is 3.66. The van der Waals surface area contributed by atoms with Gasteiger partial charge >= 0.3 is 0 Å². The maximum Gasteiger partial charge on any atom is 0.259 e. The molecule has 26 heavy (non-hydrogen) atoms. The molecule has 0 saturated carbocycles. The lowest BCUT2D eigenvalue weighted by Crippen LogP contribution is -2.23. The van der Waals surface area contributed by atoms with Gasteiger partial charge in [-0.1, -0.05) is 30.3 Å². The first-order valence-corrected chi connectivity index (χ1v) is 7.88. The highest BCUT2D eigenvalue weighted by Crippen LogP contribution is 2.31. The predicted octanol–water partition coefficient (Wildman–Crippen LogP) is 3.53. The van der Waals surface area contributed by atoms with Crippen molar-refractivity contribution in [2.75, 3.05) is 0 Å². The minimum atomic E-state index is -0.649. The van der Waals surface area contributed by atoms with Gasteiger partial charge in [0.25, 0.3) is 5.91 Å². The number of rotatable bonds is 5. The fourth-order valence-corrected chi connectivity index (χ4v) is 2.40. The fourth-order valence-electron chi connectivity index (χ4n) is 2.40. The lowest BCUT2D eigenvalue weighted by molar-refractivity contribution is 0.0945. The van der Waals surface area contributed by atoms with Crippen molar-refractivity contribution >= 4 is 5.91 Å². The van der Waals surface area contributed by atoms with E-state index in [9.17, 15) is 20.1 Å². The quantitative estimate of drug-likeness (QED) is 0.564. The van der Waals surface area contributed by atoms with Crippen LogP contribution in [0.25, 0.3) is 0 Å². The highest BCUT2D eigenvalue weighted by atomic mass is 16.5. The van der Waals surface area contributed by atoms with Crippen LogP contribution >= 0.6 is 0 Å². The van der Waals surface area contributed by atoms with Crippen LogP contribution in [0.5, 0.6) is 28.7 Å². The number of carbonyl (C=O) groups is 1. The van der Waals surface area contributed by atoms with Gasteiger partial charge in [-0.05, 0) is 29.8 Å². The number of phenolic OH excluding ortho intramolecular Hbond substituents is 3. The number of amides is 1. The number of hydrogen-bond acceptors (Lipinski definition) is 5. The molecule has 3 rings (SSSR count). The summed E-state index contributed by atoms with van der Waals surface area (Å²) in [5.74, 6) is -0.569. The van der Waals surface area contributed by atoms with Gasteiger partial charge in [0.15, 0.2) is 0 Å². The van der Waals surface area contributed by atoms with Crippen LogP contribution in [0.2, 0.25) is 0 Å². The summed E-state index contributed by atoms with van der Waals surface area (Å²) in [5.41, 5.74) is 0.531. The van der Waals surface area contributed by atoms with Gasteiger partial charge in [0, 0.05) is 18.7 Å². The van der Waals surface area contributed by atoms with Crippen LogP contribution in [0.1, 0.15) is 15.9 Å². The summed E-state index contributed by atoms with van der Waals surface area (Å²) in [4.78, 5) is 12.1. The molecule has 6 nitrogen and oxygen atoms in total. The van der Waals surface area contributed by atoms with Crippen molar-refractivity contribution in [3.8, 4) is 28.7 Å². The van der Waals surface area contributed by atoms with Gasteiger partial charge < -0.3 is 25.4 Å². The minimum absolute atomic E-state index is 0.199. The maximum absolute atomic E-state index is 12.1. The van der Waals surface area contributed by atoms with Gasteiger partial charge in [-0.15, -0.1) is 0 Å². The van der Waals surface area contributed by atoms with Crippen molar-refractivity contribution in [2.24, 2.45) is 0 Å². The molecule has 3 aromatic rings. The van der Waals surface area contributed by atoms with E-state index in [0.717, 1.165) is 23.4 Å². The first-order valence-electron chi connectivity index (χ1n) is 7.88. The molecule has 6 heteroatoms. The van der Waals surface area contributed by atoms with Crippen LogP contribution in [-0.4, -0.2) is 21.2 Å². The Labute approximate surface area is 149 Å². The number of phenols is 3. The summed E-state index contributed by atoms with van der Waals surface area (Å²) in [6, 6.07) is 18.5. The summed E-state index contributed by atoms with van der Waals surface area (Å²) in [6.45, 7) is 0.199. The summed E-state index contributed by atoms with van der Waals surface area (Å²) in [5, 5.41) is 31.3. The van der Waals surface area contributed by atoms with Gasteiger partial charge in [-0.2, -0.15) is 0 Å². The molecule has 0 bridgehead atoms. The number of carbonyl (C=O) groups excluding carboxylic acids is 1. The standard InChI is InChI=1S/C20H17NO5/c22-14-10-17(23)19(18(24)11-14)20(25)21-12-13-6-8-16(9-7-13)26-15-4-2-1-3-5-15/h1-11,22-24H,12H2,(H,21,25). The molecule has 0 spiro atoms. The van der Waals surface area contributed by atoms with Crippen molar-refractivity contribution < 1.29 is 24.9 Å². The summed E-state index contributed by atoms with van der Waals surface area (Å²) in [6.07, 6.45) is 0. The number of benzene rings is 3. The summed E-state index contributed by atoms with van der Waals surface area (Å²) in [7, 11) is 0. The number of aromatic hydroxyl groups is 3. The van der Waals surface area contributed by atoms with Crippen molar-refractivity contribution in [3.05, 3.63) is 77.9 Å². The molecule has 0 aliphatic carbocycles. The van der Waals surface area contributed by atoms with Crippen molar-refractivity contribution in [1.29, 1.82) is 0 Å². The zero-order valence-electron chi connectivity index (χ0n) is 13.7. The number of ether oxygens (including phenoxy) is 1. The van der Waals surface area contributed by atoms with E-state index in [0.29, 0.717) is 5.75 Å². The zero-order valence-corrected chi connectivity index (χ0v) is 13.7. The molecule has 0 unspecified atom stereocenters. The first-order chi connectivity index (χ1) is 12.5. The maximum atomic E-state index is 12.1. The fraction of sp³-hybridized carbons (Fsp3) is 0.0500. The van der Waals surface area contributed by atoms with Crippen molar-refractivity contribution in [3.63, 3.8) is 0 Å². The van der Waals surface area contributed by atoms with E-state index in [1.807, 2.05) is 30.3 Å². The van der Waals surface area contributed by atoms with Crippen LogP contribution < -0.4 is 10.1 Å². The Morgan fingerprint density at radius 3 is 2.04 bits per heavy atom. The number of para-hydroxylation sites is 1. The van der Waals surface area contributed by atoms with Gasteiger partial charge in [0.05, 0.1) is 0 Å². The van der Waals surface area contributed by atoms with Crippen LogP contribution in [0.15, 0.2) is 66.7 Å². The molecular formula is C20H17NO5. The van der Waals surface area contributed by atoms with Crippen LogP contribution in [0.4, 0.5) is 0 Å². The number of nitrogens with one attached hydrogen (secondary N) is 1. The molecule has 1 amide bonds. The van der Waals surface area contributed by atoms with Crippen LogP contribution in [0, 0.1) is 0 Å². The molecule has 0 aliphatic heterocycles. The average Bonchev–Trinajstić information content (AvgIpc) is 2.61. The Balaban J connectivity index is 1.62. The van der Waals surface area contributed by atoms with Gasteiger partial charge in [0.1, 0.15) is 34.3 Å². The summed E-state index contributed by atoms with van der Waals surface area (Å²) < 4.78 is 5.69. The second-order valence-electron chi connectivity index (χ2n) is 5.60. The first kappa shape index (κ1) is 17.2. The highest BCUT2D eigenvalue weighted by molar-refractivity contribution is 5.99. The third kappa shape index (κ3) is 4.05.